The number of rotatable bonds is 6. The molecule has 0 saturated carbocycles. The molecule has 214 valence electrons. The zero-order chi connectivity index (χ0) is 30.4. The van der Waals surface area contributed by atoms with Crippen LogP contribution in [-0.4, -0.2) is 26.2 Å². The normalized spacial score (nSPS) is 10.7. The van der Waals surface area contributed by atoms with Gasteiger partial charge in [-0.2, -0.15) is 0 Å². The molecule has 0 spiro atoms. The minimum atomic E-state index is -2.88. The molecule has 0 aliphatic heterocycles. The van der Waals surface area contributed by atoms with E-state index in [0.29, 0.717) is 0 Å². The molecular formula is C36H32MoO4Si2. The second kappa shape index (κ2) is 16.0. The minimum absolute atomic E-state index is 1.01. The maximum absolute atomic E-state index is 11.6. The molecule has 43 heavy (non-hydrogen) atoms. The molecule has 0 unspecified atom stereocenters. The van der Waals surface area contributed by atoms with E-state index in [1.165, 1.54) is 0 Å². The van der Waals surface area contributed by atoms with E-state index in [2.05, 4.69) is 0 Å². The second-order valence-corrected chi connectivity index (χ2v) is 16.3. The Kier molecular flexibility index (Phi) is 11.9. The standard InChI is InChI=1S/2C18H16OSi.Mo.2O/c2*19-20(16-10-4-1-5-11-16,17-12-6-2-7-13-17)18-14-8-3-9-15-18;;;/h2*1-15,19H;;;. The first-order chi connectivity index (χ1) is 21.0. The molecule has 0 fully saturated rings. The van der Waals surface area contributed by atoms with E-state index in [0.717, 1.165) is 31.1 Å². The summed E-state index contributed by atoms with van der Waals surface area (Å²) in [5.41, 5.74) is 0. The molecule has 0 amide bonds. The Labute approximate surface area is 263 Å². The first-order valence-corrected chi connectivity index (χ1v) is 19.3. The van der Waals surface area contributed by atoms with Gasteiger partial charge in [-0.15, -0.1) is 0 Å². The van der Waals surface area contributed by atoms with Crippen LogP contribution in [0.1, 0.15) is 0 Å². The van der Waals surface area contributed by atoms with Gasteiger partial charge >= 0.3 is 25.3 Å². The molecule has 4 nitrogen and oxygen atoms in total. The Hall–Kier alpha value is -4.04. The van der Waals surface area contributed by atoms with Gasteiger partial charge in [0.2, 0.25) is 0 Å². The van der Waals surface area contributed by atoms with Crippen molar-refractivity contribution < 1.29 is 34.9 Å². The molecule has 7 heteroatoms. The summed E-state index contributed by atoms with van der Waals surface area (Å²) in [5, 5.41) is 6.07. The third kappa shape index (κ3) is 7.68. The third-order valence-corrected chi connectivity index (χ3v) is 14.2. The zero-order valence-corrected chi connectivity index (χ0v) is 27.4. The molecule has 6 aromatic carbocycles. The van der Waals surface area contributed by atoms with Gasteiger partial charge in [-0.25, -0.2) is 0 Å². The second-order valence-electron chi connectivity index (χ2n) is 9.69. The Morgan fingerprint density at radius 1 is 0.302 bits per heavy atom. The van der Waals surface area contributed by atoms with E-state index >= 15 is 0 Å². The van der Waals surface area contributed by atoms with E-state index in [1.54, 1.807) is 0 Å². The Morgan fingerprint density at radius 3 is 0.535 bits per heavy atom. The molecule has 0 aliphatic rings. The van der Waals surface area contributed by atoms with Gasteiger partial charge < -0.3 is 9.59 Å². The molecule has 0 aliphatic carbocycles. The van der Waals surface area contributed by atoms with Crippen LogP contribution in [0.5, 0.6) is 0 Å². The van der Waals surface area contributed by atoms with Crippen LogP contribution in [0.2, 0.25) is 0 Å². The van der Waals surface area contributed by atoms with E-state index in [9.17, 15) is 9.59 Å². The van der Waals surface area contributed by atoms with Crippen molar-refractivity contribution in [2.24, 2.45) is 0 Å². The van der Waals surface area contributed by atoms with Crippen LogP contribution in [-0.2, 0) is 25.3 Å². The van der Waals surface area contributed by atoms with Crippen molar-refractivity contribution in [3.05, 3.63) is 182 Å². The summed E-state index contributed by atoms with van der Waals surface area (Å²) in [4.78, 5) is 23.1. The average molecular weight is 681 g/mol. The Morgan fingerprint density at radius 2 is 0.419 bits per heavy atom. The average Bonchev–Trinajstić information content (AvgIpc) is 3.10. The van der Waals surface area contributed by atoms with E-state index in [4.69, 9.17) is 6.80 Å². The first kappa shape index (κ1) is 31.9. The summed E-state index contributed by atoms with van der Waals surface area (Å²) in [7, 11) is -5.76. The van der Waals surface area contributed by atoms with Crippen molar-refractivity contribution in [2.45, 2.75) is 0 Å². The molecule has 0 heterocycles. The van der Waals surface area contributed by atoms with Crippen molar-refractivity contribution in [1.82, 2.24) is 0 Å². The zero-order valence-electron chi connectivity index (χ0n) is 23.4. The molecule has 2 N–H and O–H groups in total. The molecule has 6 rings (SSSR count). The van der Waals surface area contributed by atoms with Gasteiger partial charge in [0, 0.05) is 0 Å². The van der Waals surface area contributed by atoms with Crippen LogP contribution < -0.4 is 31.1 Å². The van der Waals surface area contributed by atoms with Crippen LogP contribution in [0.15, 0.2) is 182 Å². The van der Waals surface area contributed by atoms with Crippen molar-refractivity contribution >= 4 is 47.8 Å². The quantitative estimate of drug-likeness (QED) is 0.210. The summed E-state index contributed by atoms with van der Waals surface area (Å²) in [6, 6.07) is 59.9. The van der Waals surface area contributed by atoms with E-state index in [-0.39, 0.29) is 0 Å². The van der Waals surface area contributed by atoms with Crippen LogP contribution in [0, 0.1) is 0 Å². The van der Waals surface area contributed by atoms with Gasteiger partial charge in [0.15, 0.2) is 0 Å². The van der Waals surface area contributed by atoms with Crippen molar-refractivity contribution in [2.75, 3.05) is 0 Å². The topological polar surface area (TPSA) is 74.6 Å². The summed E-state index contributed by atoms with van der Waals surface area (Å²) in [5.74, 6) is 0. The van der Waals surface area contributed by atoms with Gasteiger partial charge in [0.1, 0.15) is 0 Å². The van der Waals surface area contributed by atoms with E-state index < -0.39 is 35.1 Å². The van der Waals surface area contributed by atoms with Gasteiger partial charge in [0.25, 0.3) is 16.6 Å². The van der Waals surface area contributed by atoms with Crippen LogP contribution in [0.25, 0.3) is 0 Å². The summed E-state index contributed by atoms with van der Waals surface area (Å²) in [6.07, 6.45) is 0. The summed E-state index contributed by atoms with van der Waals surface area (Å²) >= 11 is -2.03. The van der Waals surface area contributed by atoms with Gasteiger partial charge in [-0.3, -0.25) is 0 Å². The van der Waals surface area contributed by atoms with Gasteiger partial charge in [-0.05, 0) is 31.1 Å². The Bertz CT molecular complexity index is 1370. The van der Waals surface area contributed by atoms with Crippen LogP contribution in [0.4, 0.5) is 0 Å². The van der Waals surface area contributed by atoms with Gasteiger partial charge in [0.05, 0.1) is 0 Å². The molecular weight excluding hydrogens is 649 g/mol. The number of benzene rings is 6. The van der Waals surface area contributed by atoms with Crippen molar-refractivity contribution in [3.63, 3.8) is 0 Å². The molecule has 0 aromatic heterocycles. The number of hydrogen-bond donors (Lipinski definition) is 2. The molecule has 0 saturated heterocycles. The maximum atomic E-state index is 11.6. The Balaban J connectivity index is 0.000000181. The SMILES string of the molecule is O[Si](c1ccccc1)(c1ccccc1)c1ccccc1.O[Si](c1ccccc1)(c1ccccc1)c1ccccc1.[O]=[Mo]=[O]. The van der Waals surface area contributed by atoms with Crippen molar-refractivity contribution in [3.8, 4) is 0 Å². The predicted molar refractivity (Wildman–Crippen MR) is 174 cm³/mol. The molecule has 0 radical (unpaired) electrons. The van der Waals surface area contributed by atoms with E-state index in [1.807, 2.05) is 182 Å². The van der Waals surface area contributed by atoms with Crippen molar-refractivity contribution in [1.29, 1.82) is 0 Å². The monoisotopic (exact) mass is 682 g/mol. The third-order valence-electron chi connectivity index (χ3n) is 7.15. The summed E-state index contributed by atoms with van der Waals surface area (Å²) < 4.78 is 17.0. The molecule has 6 aromatic rings. The number of hydrogen-bond acceptors (Lipinski definition) is 4. The van der Waals surface area contributed by atoms with Crippen LogP contribution >= 0.6 is 0 Å². The van der Waals surface area contributed by atoms with Crippen LogP contribution in [0.3, 0.4) is 0 Å². The van der Waals surface area contributed by atoms with Gasteiger partial charge in [-0.1, -0.05) is 182 Å². The first-order valence-electron chi connectivity index (χ1n) is 13.7. The molecule has 0 bridgehead atoms. The fourth-order valence-electron chi connectivity index (χ4n) is 5.08. The molecule has 0 atom stereocenters. The summed E-state index contributed by atoms with van der Waals surface area (Å²) in [6.45, 7) is 0. The fraction of sp³-hybridized carbons (Fsp3) is 0. The fourth-order valence-corrected chi connectivity index (χ4v) is 11.1. The predicted octanol–water partition coefficient (Wildman–Crippen LogP) is 3.05.